The molecule has 0 radical (unpaired) electrons. The number of benzene rings is 2. The van der Waals surface area contributed by atoms with Crippen molar-refractivity contribution in [2.45, 2.75) is 19.4 Å². The van der Waals surface area contributed by atoms with Crippen LogP contribution in [0.1, 0.15) is 17.8 Å². The summed E-state index contributed by atoms with van der Waals surface area (Å²) in [5, 5.41) is 11.7. The maximum atomic E-state index is 13.1. The fraction of sp³-hybridized carbons (Fsp3) is 0.318. The van der Waals surface area contributed by atoms with Crippen molar-refractivity contribution in [2.75, 3.05) is 20.1 Å². The smallest absolute Gasteiger partial charge is 0.194 e. The molecule has 1 aliphatic heterocycles. The zero-order chi connectivity index (χ0) is 20.1. The predicted octanol–water partition coefficient (Wildman–Crippen LogP) is 3.05. The number of nitrogens with zero attached hydrogens (tertiary/aromatic N) is 5. The summed E-state index contributed by atoms with van der Waals surface area (Å²) in [6.45, 7) is 2.43. The van der Waals surface area contributed by atoms with Crippen molar-refractivity contribution in [2.24, 2.45) is 10.9 Å². The molecule has 4 rings (SSSR count). The monoisotopic (exact) mass is 392 g/mol. The van der Waals surface area contributed by atoms with Crippen LogP contribution in [0.4, 0.5) is 4.39 Å². The first-order valence-electron chi connectivity index (χ1n) is 9.87. The fourth-order valence-electron chi connectivity index (χ4n) is 3.82. The molecule has 6 nitrogen and oxygen atoms in total. The number of para-hydroxylation sites is 1. The molecule has 0 saturated carbocycles. The van der Waals surface area contributed by atoms with Crippen LogP contribution in [0.15, 0.2) is 65.9 Å². The standard InChI is InChI=1S/C22H25FN6/c1-24-22(25-14-21-27-26-16-29(21)20-5-3-2-4-6-20)28-12-11-18(15-28)13-17-7-9-19(23)10-8-17/h2-10,16,18H,11-15H2,1H3,(H,24,25). The molecule has 1 saturated heterocycles. The number of hydrogen-bond donors (Lipinski definition) is 1. The number of rotatable bonds is 5. The Balaban J connectivity index is 1.35. The van der Waals surface area contributed by atoms with E-state index in [0.29, 0.717) is 12.5 Å². The molecular weight excluding hydrogens is 367 g/mol. The maximum Gasteiger partial charge on any atom is 0.194 e. The van der Waals surface area contributed by atoms with E-state index in [4.69, 9.17) is 0 Å². The average molecular weight is 392 g/mol. The van der Waals surface area contributed by atoms with Gasteiger partial charge in [0.1, 0.15) is 12.1 Å². The van der Waals surface area contributed by atoms with E-state index in [2.05, 4.69) is 25.4 Å². The number of hydrogen-bond acceptors (Lipinski definition) is 3. The molecule has 1 atom stereocenters. The Labute approximate surface area is 170 Å². The first-order valence-corrected chi connectivity index (χ1v) is 9.87. The SMILES string of the molecule is CN=C(NCc1nncn1-c1ccccc1)N1CCC(Cc2ccc(F)cc2)C1. The Morgan fingerprint density at radius 3 is 2.72 bits per heavy atom. The minimum atomic E-state index is -0.185. The third-order valence-corrected chi connectivity index (χ3v) is 5.29. The van der Waals surface area contributed by atoms with Gasteiger partial charge in [-0.15, -0.1) is 10.2 Å². The van der Waals surface area contributed by atoms with Crippen molar-refractivity contribution in [1.82, 2.24) is 25.0 Å². The molecule has 0 bridgehead atoms. The molecule has 7 heteroatoms. The number of aliphatic imine (C=N–C) groups is 1. The van der Waals surface area contributed by atoms with Crippen LogP contribution in [0.2, 0.25) is 0 Å². The van der Waals surface area contributed by atoms with Gasteiger partial charge >= 0.3 is 0 Å². The molecular formula is C22H25FN6. The van der Waals surface area contributed by atoms with E-state index in [1.807, 2.05) is 47.0 Å². The summed E-state index contributed by atoms with van der Waals surface area (Å²) in [4.78, 5) is 6.72. The van der Waals surface area contributed by atoms with Gasteiger partial charge in [0, 0.05) is 25.8 Å². The maximum absolute atomic E-state index is 13.1. The Bertz CT molecular complexity index is 951. The van der Waals surface area contributed by atoms with Gasteiger partial charge in [0.05, 0.1) is 6.54 Å². The van der Waals surface area contributed by atoms with Crippen LogP contribution >= 0.6 is 0 Å². The van der Waals surface area contributed by atoms with Gasteiger partial charge in [-0.05, 0) is 48.6 Å². The van der Waals surface area contributed by atoms with Crippen molar-refractivity contribution in [3.8, 4) is 5.69 Å². The number of aromatic nitrogens is 3. The molecule has 0 amide bonds. The molecule has 29 heavy (non-hydrogen) atoms. The molecule has 2 heterocycles. The molecule has 1 aliphatic rings. The third-order valence-electron chi connectivity index (χ3n) is 5.29. The summed E-state index contributed by atoms with van der Waals surface area (Å²) >= 11 is 0. The zero-order valence-corrected chi connectivity index (χ0v) is 16.5. The van der Waals surface area contributed by atoms with E-state index in [-0.39, 0.29) is 5.82 Å². The second kappa shape index (κ2) is 8.86. The number of guanidine groups is 1. The zero-order valence-electron chi connectivity index (χ0n) is 16.5. The lowest BCUT2D eigenvalue weighted by molar-refractivity contribution is 0.458. The first kappa shape index (κ1) is 19.1. The summed E-state index contributed by atoms with van der Waals surface area (Å²) in [7, 11) is 1.80. The van der Waals surface area contributed by atoms with Crippen molar-refractivity contribution in [3.05, 3.63) is 78.1 Å². The quantitative estimate of drug-likeness (QED) is 0.536. The van der Waals surface area contributed by atoms with Crippen LogP contribution in [0.3, 0.4) is 0 Å². The Morgan fingerprint density at radius 1 is 1.17 bits per heavy atom. The molecule has 1 aromatic heterocycles. The molecule has 1 unspecified atom stereocenters. The van der Waals surface area contributed by atoms with Gasteiger partial charge in [0.15, 0.2) is 11.8 Å². The van der Waals surface area contributed by atoms with Crippen LogP contribution < -0.4 is 5.32 Å². The van der Waals surface area contributed by atoms with Gasteiger partial charge in [-0.3, -0.25) is 9.56 Å². The normalized spacial score (nSPS) is 17.0. The first-order chi connectivity index (χ1) is 14.2. The van der Waals surface area contributed by atoms with Crippen LogP contribution in [-0.2, 0) is 13.0 Å². The minimum absolute atomic E-state index is 0.185. The average Bonchev–Trinajstić information content (AvgIpc) is 3.41. The second-order valence-electron chi connectivity index (χ2n) is 7.28. The summed E-state index contributed by atoms with van der Waals surface area (Å²) in [6.07, 6.45) is 3.78. The van der Waals surface area contributed by atoms with Crippen molar-refractivity contribution < 1.29 is 4.39 Å². The van der Waals surface area contributed by atoms with Crippen LogP contribution in [0.25, 0.3) is 5.69 Å². The third kappa shape index (κ3) is 4.62. The Kier molecular flexibility index (Phi) is 5.84. The van der Waals surface area contributed by atoms with E-state index in [1.54, 1.807) is 13.4 Å². The summed E-state index contributed by atoms with van der Waals surface area (Å²) < 4.78 is 15.1. The number of likely N-dealkylation sites (tertiary alicyclic amines) is 1. The highest BCUT2D eigenvalue weighted by atomic mass is 19.1. The largest absolute Gasteiger partial charge is 0.349 e. The van der Waals surface area contributed by atoms with Gasteiger partial charge in [-0.25, -0.2) is 4.39 Å². The molecule has 150 valence electrons. The van der Waals surface area contributed by atoms with Crippen LogP contribution in [-0.4, -0.2) is 45.8 Å². The lowest BCUT2D eigenvalue weighted by Gasteiger charge is -2.21. The number of nitrogens with one attached hydrogen (secondary N) is 1. The van der Waals surface area contributed by atoms with Crippen molar-refractivity contribution >= 4 is 5.96 Å². The topological polar surface area (TPSA) is 58.3 Å². The van der Waals surface area contributed by atoms with Crippen molar-refractivity contribution in [3.63, 3.8) is 0 Å². The van der Waals surface area contributed by atoms with Crippen molar-refractivity contribution in [1.29, 1.82) is 0 Å². The van der Waals surface area contributed by atoms with Crippen LogP contribution in [0.5, 0.6) is 0 Å². The summed E-state index contributed by atoms with van der Waals surface area (Å²) in [6, 6.07) is 16.9. The van der Waals surface area contributed by atoms with E-state index in [9.17, 15) is 4.39 Å². The fourth-order valence-corrected chi connectivity index (χ4v) is 3.82. The molecule has 0 aliphatic carbocycles. The second-order valence-corrected chi connectivity index (χ2v) is 7.28. The molecule has 0 spiro atoms. The lowest BCUT2D eigenvalue weighted by Crippen LogP contribution is -2.40. The highest BCUT2D eigenvalue weighted by molar-refractivity contribution is 5.80. The lowest BCUT2D eigenvalue weighted by atomic mass is 9.99. The highest BCUT2D eigenvalue weighted by Gasteiger charge is 2.25. The molecule has 3 aromatic rings. The highest BCUT2D eigenvalue weighted by Crippen LogP contribution is 2.21. The van der Waals surface area contributed by atoms with E-state index in [1.165, 1.54) is 17.7 Å². The van der Waals surface area contributed by atoms with Gasteiger partial charge in [-0.1, -0.05) is 30.3 Å². The van der Waals surface area contributed by atoms with Crippen LogP contribution in [0, 0.1) is 11.7 Å². The predicted molar refractivity (Wildman–Crippen MR) is 111 cm³/mol. The molecule has 2 aromatic carbocycles. The summed E-state index contributed by atoms with van der Waals surface area (Å²) in [5.74, 6) is 2.05. The Morgan fingerprint density at radius 2 is 1.97 bits per heavy atom. The van der Waals surface area contributed by atoms with Gasteiger partial charge in [-0.2, -0.15) is 0 Å². The Hall–Kier alpha value is -3.22. The summed E-state index contributed by atoms with van der Waals surface area (Å²) in [5.41, 5.74) is 2.21. The van der Waals surface area contributed by atoms with E-state index < -0.39 is 0 Å². The van der Waals surface area contributed by atoms with Gasteiger partial charge in [0.25, 0.3) is 0 Å². The van der Waals surface area contributed by atoms with Gasteiger partial charge < -0.3 is 10.2 Å². The van der Waals surface area contributed by atoms with Gasteiger partial charge in [0.2, 0.25) is 0 Å². The van der Waals surface area contributed by atoms with E-state index in [0.717, 1.165) is 43.4 Å². The number of halogens is 1. The molecule has 1 N–H and O–H groups in total. The van der Waals surface area contributed by atoms with E-state index >= 15 is 0 Å². The minimum Gasteiger partial charge on any atom is -0.349 e. The molecule has 1 fully saturated rings.